The lowest BCUT2D eigenvalue weighted by Crippen LogP contribution is -2.49. The third-order valence-corrected chi connectivity index (χ3v) is 3.95. The highest BCUT2D eigenvalue weighted by Gasteiger charge is 2.29. The highest BCUT2D eigenvalue weighted by atomic mass is 16.2. The summed E-state index contributed by atoms with van der Waals surface area (Å²) in [6.45, 7) is 4.07. The Labute approximate surface area is 114 Å². The minimum atomic E-state index is 0.0888. The molecule has 1 aromatic rings. The van der Waals surface area contributed by atoms with Gasteiger partial charge in [-0.15, -0.1) is 0 Å². The maximum atomic E-state index is 12.5. The van der Waals surface area contributed by atoms with Crippen LogP contribution in [0.4, 0.5) is 0 Å². The standard InChI is InChI=1S/C15H23N3O/c1-11-6-7-18(14(8-11)10-17)15(19)13-4-2-12(9-16)3-5-13/h2-5,11,14H,6-10,16-17H2,1H3. The van der Waals surface area contributed by atoms with Crippen LogP contribution in [0.25, 0.3) is 0 Å². The fourth-order valence-corrected chi connectivity index (χ4v) is 2.69. The average Bonchev–Trinajstić information content (AvgIpc) is 2.46. The molecule has 1 saturated heterocycles. The molecule has 0 saturated carbocycles. The quantitative estimate of drug-likeness (QED) is 0.862. The molecule has 2 unspecified atom stereocenters. The van der Waals surface area contributed by atoms with Crippen LogP contribution in [0.5, 0.6) is 0 Å². The van der Waals surface area contributed by atoms with Gasteiger partial charge in [0.25, 0.3) is 5.91 Å². The lowest BCUT2D eigenvalue weighted by atomic mass is 9.92. The van der Waals surface area contributed by atoms with Crippen LogP contribution in [0.15, 0.2) is 24.3 Å². The second-order valence-electron chi connectivity index (χ2n) is 5.42. The van der Waals surface area contributed by atoms with Crippen LogP contribution in [-0.2, 0) is 6.54 Å². The molecule has 0 aliphatic carbocycles. The second kappa shape index (κ2) is 6.17. The SMILES string of the molecule is CC1CCN(C(=O)c2ccc(CN)cc2)C(CN)C1. The number of amides is 1. The molecule has 1 aliphatic heterocycles. The van der Waals surface area contributed by atoms with Crippen LogP contribution in [0.3, 0.4) is 0 Å². The van der Waals surface area contributed by atoms with E-state index in [1.54, 1.807) is 0 Å². The molecule has 0 aromatic heterocycles. The van der Waals surface area contributed by atoms with Crippen LogP contribution in [0.2, 0.25) is 0 Å². The zero-order valence-electron chi connectivity index (χ0n) is 11.5. The van der Waals surface area contributed by atoms with Crippen molar-refractivity contribution in [1.29, 1.82) is 0 Å². The van der Waals surface area contributed by atoms with Crippen LogP contribution in [0, 0.1) is 5.92 Å². The number of carbonyl (C=O) groups excluding carboxylic acids is 1. The van der Waals surface area contributed by atoms with E-state index >= 15 is 0 Å². The van der Waals surface area contributed by atoms with Gasteiger partial charge < -0.3 is 16.4 Å². The van der Waals surface area contributed by atoms with E-state index in [2.05, 4.69) is 6.92 Å². The van der Waals surface area contributed by atoms with Crippen molar-refractivity contribution in [3.05, 3.63) is 35.4 Å². The van der Waals surface area contributed by atoms with Gasteiger partial charge in [-0.3, -0.25) is 4.79 Å². The van der Waals surface area contributed by atoms with Crippen molar-refractivity contribution < 1.29 is 4.79 Å². The first-order valence-corrected chi connectivity index (χ1v) is 6.95. The summed E-state index contributed by atoms with van der Waals surface area (Å²) in [5.41, 5.74) is 13.1. The molecule has 19 heavy (non-hydrogen) atoms. The number of rotatable bonds is 3. The van der Waals surface area contributed by atoms with Gasteiger partial charge in [0.15, 0.2) is 0 Å². The minimum absolute atomic E-state index is 0.0888. The molecule has 1 aromatic carbocycles. The Kier molecular flexibility index (Phi) is 4.56. The molecular weight excluding hydrogens is 238 g/mol. The molecule has 4 N–H and O–H groups in total. The van der Waals surface area contributed by atoms with E-state index in [1.165, 1.54) is 0 Å². The van der Waals surface area contributed by atoms with Gasteiger partial charge in [0.05, 0.1) is 0 Å². The monoisotopic (exact) mass is 261 g/mol. The third kappa shape index (κ3) is 3.14. The van der Waals surface area contributed by atoms with Crippen molar-refractivity contribution in [2.45, 2.75) is 32.4 Å². The Morgan fingerprint density at radius 3 is 2.58 bits per heavy atom. The van der Waals surface area contributed by atoms with Crippen LogP contribution >= 0.6 is 0 Å². The molecule has 4 nitrogen and oxygen atoms in total. The number of nitrogens with two attached hydrogens (primary N) is 2. The van der Waals surface area contributed by atoms with Crippen molar-refractivity contribution >= 4 is 5.91 Å². The van der Waals surface area contributed by atoms with E-state index in [0.29, 0.717) is 19.0 Å². The highest BCUT2D eigenvalue weighted by molar-refractivity contribution is 5.94. The summed E-state index contributed by atoms with van der Waals surface area (Å²) in [6.07, 6.45) is 2.06. The number of piperidine rings is 1. The fourth-order valence-electron chi connectivity index (χ4n) is 2.69. The van der Waals surface area contributed by atoms with Crippen molar-refractivity contribution in [2.75, 3.05) is 13.1 Å². The molecule has 0 radical (unpaired) electrons. The maximum absolute atomic E-state index is 12.5. The Balaban J connectivity index is 2.13. The molecule has 1 heterocycles. The Bertz CT molecular complexity index is 430. The molecule has 104 valence electrons. The van der Waals surface area contributed by atoms with Gasteiger partial charge in [0, 0.05) is 31.2 Å². The summed E-state index contributed by atoms with van der Waals surface area (Å²) in [6, 6.07) is 7.71. The number of hydrogen-bond donors (Lipinski definition) is 2. The molecule has 4 heteroatoms. The fraction of sp³-hybridized carbons (Fsp3) is 0.533. The molecule has 2 atom stereocenters. The van der Waals surface area contributed by atoms with E-state index in [0.717, 1.165) is 30.5 Å². The molecular formula is C15H23N3O. The van der Waals surface area contributed by atoms with E-state index < -0.39 is 0 Å². The third-order valence-electron chi connectivity index (χ3n) is 3.95. The first kappa shape index (κ1) is 14.0. The summed E-state index contributed by atoms with van der Waals surface area (Å²) in [5, 5.41) is 0. The summed E-state index contributed by atoms with van der Waals surface area (Å²) in [7, 11) is 0. The smallest absolute Gasteiger partial charge is 0.254 e. The van der Waals surface area contributed by atoms with Gasteiger partial charge in [-0.25, -0.2) is 0 Å². The van der Waals surface area contributed by atoms with Crippen LogP contribution in [0.1, 0.15) is 35.7 Å². The number of carbonyl (C=O) groups is 1. The number of likely N-dealkylation sites (tertiary alicyclic amines) is 1. The number of nitrogens with zero attached hydrogens (tertiary/aromatic N) is 1. The normalized spacial score (nSPS) is 23.4. The first-order chi connectivity index (χ1) is 9.15. The summed E-state index contributed by atoms with van der Waals surface area (Å²) in [4.78, 5) is 14.4. The summed E-state index contributed by atoms with van der Waals surface area (Å²) < 4.78 is 0. The first-order valence-electron chi connectivity index (χ1n) is 6.95. The lowest BCUT2D eigenvalue weighted by Gasteiger charge is -2.38. The largest absolute Gasteiger partial charge is 0.334 e. The van der Waals surface area contributed by atoms with Crippen molar-refractivity contribution in [3.8, 4) is 0 Å². The molecule has 1 amide bonds. The van der Waals surface area contributed by atoms with Crippen LogP contribution < -0.4 is 11.5 Å². The van der Waals surface area contributed by atoms with Crippen molar-refractivity contribution in [1.82, 2.24) is 4.90 Å². The molecule has 2 rings (SSSR count). The van der Waals surface area contributed by atoms with Crippen molar-refractivity contribution in [3.63, 3.8) is 0 Å². The van der Waals surface area contributed by atoms with E-state index in [9.17, 15) is 4.79 Å². The Morgan fingerprint density at radius 2 is 2.00 bits per heavy atom. The second-order valence-corrected chi connectivity index (χ2v) is 5.42. The number of hydrogen-bond acceptors (Lipinski definition) is 3. The highest BCUT2D eigenvalue weighted by Crippen LogP contribution is 2.23. The average molecular weight is 261 g/mol. The predicted octanol–water partition coefficient (Wildman–Crippen LogP) is 1.34. The maximum Gasteiger partial charge on any atom is 0.254 e. The van der Waals surface area contributed by atoms with Gasteiger partial charge in [-0.05, 0) is 36.5 Å². The Morgan fingerprint density at radius 1 is 1.32 bits per heavy atom. The molecule has 1 aliphatic rings. The van der Waals surface area contributed by atoms with Gasteiger partial charge in [0.1, 0.15) is 0 Å². The lowest BCUT2D eigenvalue weighted by molar-refractivity contribution is 0.0573. The van der Waals surface area contributed by atoms with E-state index in [-0.39, 0.29) is 11.9 Å². The predicted molar refractivity (Wildman–Crippen MR) is 76.6 cm³/mol. The Hall–Kier alpha value is -1.39. The zero-order chi connectivity index (χ0) is 13.8. The van der Waals surface area contributed by atoms with E-state index in [1.807, 2.05) is 29.2 Å². The van der Waals surface area contributed by atoms with Gasteiger partial charge in [0.2, 0.25) is 0 Å². The van der Waals surface area contributed by atoms with Gasteiger partial charge in [-0.2, -0.15) is 0 Å². The summed E-state index contributed by atoms with van der Waals surface area (Å²) >= 11 is 0. The van der Waals surface area contributed by atoms with Crippen molar-refractivity contribution in [2.24, 2.45) is 17.4 Å². The molecule has 0 bridgehead atoms. The van der Waals surface area contributed by atoms with Gasteiger partial charge >= 0.3 is 0 Å². The minimum Gasteiger partial charge on any atom is -0.334 e. The van der Waals surface area contributed by atoms with E-state index in [4.69, 9.17) is 11.5 Å². The van der Waals surface area contributed by atoms with Gasteiger partial charge in [-0.1, -0.05) is 19.1 Å². The molecule has 1 fully saturated rings. The zero-order valence-corrected chi connectivity index (χ0v) is 11.5. The van der Waals surface area contributed by atoms with Crippen LogP contribution in [-0.4, -0.2) is 29.9 Å². The summed E-state index contributed by atoms with van der Waals surface area (Å²) in [5.74, 6) is 0.739. The number of benzene rings is 1. The molecule has 0 spiro atoms. The topological polar surface area (TPSA) is 72.3 Å².